The Hall–Kier alpha value is -0.900. The highest BCUT2D eigenvalue weighted by atomic mass is 16.1. The van der Waals surface area contributed by atoms with Crippen LogP contribution in [0.3, 0.4) is 0 Å². The maximum absolute atomic E-state index is 11.5. The number of Topliss-reactive ketones (excluding diaryl/α,β-unsaturated/α-hetero) is 1. The van der Waals surface area contributed by atoms with E-state index in [0.29, 0.717) is 18.6 Å². The third kappa shape index (κ3) is 3.93. The third-order valence-electron chi connectivity index (χ3n) is 3.26. The van der Waals surface area contributed by atoms with Gasteiger partial charge in [-0.1, -0.05) is 6.92 Å². The number of ketones is 1. The van der Waals surface area contributed by atoms with Crippen molar-refractivity contribution in [3.05, 3.63) is 0 Å². The average molecular weight is 226 g/mol. The number of hydrogen-bond donors (Lipinski definition) is 1. The Morgan fingerprint density at radius 3 is 2.94 bits per heavy atom. The summed E-state index contributed by atoms with van der Waals surface area (Å²) in [5, 5.41) is 2.62. The van der Waals surface area contributed by atoms with Crippen LogP contribution in [0, 0.1) is 5.92 Å². The molecule has 0 aliphatic carbocycles. The van der Waals surface area contributed by atoms with Gasteiger partial charge in [0.2, 0.25) is 5.91 Å². The molecular formula is C12H22N2O2. The van der Waals surface area contributed by atoms with E-state index in [9.17, 15) is 9.59 Å². The van der Waals surface area contributed by atoms with E-state index < -0.39 is 0 Å². The summed E-state index contributed by atoms with van der Waals surface area (Å²) in [6.45, 7) is 4.74. The smallest absolute Gasteiger partial charge is 0.219 e. The molecule has 1 aliphatic rings. The largest absolute Gasteiger partial charge is 0.359 e. The molecular weight excluding hydrogens is 204 g/mol. The number of piperidine rings is 1. The number of nitrogens with one attached hydrogen (secondary N) is 1. The van der Waals surface area contributed by atoms with E-state index in [1.165, 1.54) is 0 Å². The molecule has 16 heavy (non-hydrogen) atoms. The molecule has 0 bridgehead atoms. The Bertz CT molecular complexity index is 253. The van der Waals surface area contributed by atoms with Crippen molar-refractivity contribution in [3.8, 4) is 0 Å². The van der Waals surface area contributed by atoms with Crippen LogP contribution in [-0.4, -0.2) is 43.3 Å². The molecule has 0 aromatic rings. The Morgan fingerprint density at radius 1 is 1.56 bits per heavy atom. The Morgan fingerprint density at radius 2 is 2.31 bits per heavy atom. The maximum atomic E-state index is 11.5. The van der Waals surface area contributed by atoms with Crippen LogP contribution in [0.25, 0.3) is 0 Å². The SMILES string of the molecule is CCC1CN(CCCC(=O)NC)CCC1=O. The molecule has 4 heteroatoms. The molecule has 0 saturated carbocycles. The van der Waals surface area contributed by atoms with E-state index in [0.717, 1.165) is 32.5 Å². The van der Waals surface area contributed by atoms with Crippen LogP contribution in [0.1, 0.15) is 32.6 Å². The van der Waals surface area contributed by atoms with Crippen molar-refractivity contribution in [2.75, 3.05) is 26.7 Å². The third-order valence-corrected chi connectivity index (χ3v) is 3.26. The molecule has 1 atom stereocenters. The molecule has 0 spiro atoms. The van der Waals surface area contributed by atoms with Gasteiger partial charge in [0, 0.05) is 38.9 Å². The number of likely N-dealkylation sites (tertiary alicyclic amines) is 1. The van der Waals surface area contributed by atoms with Crippen LogP contribution in [0.5, 0.6) is 0 Å². The van der Waals surface area contributed by atoms with E-state index in [-0.39, 0.29) is 11.8 Å². The number of amides is 1. The lowest BCUT2D eigenvalue weighted by atomic mass is 9.94. The molecule has 1 unspecified atom stereocenters. The van der Waals surface area contributed by atoms with Gasteiger partial charge < -0.3 is 10.2 Å². The molecule has 1 N–H and O–H groups in total. The van der Waals surface area contributed by atoms with Gasteiger partial charge in [0.15, 0.2) is 0 Å². The molecule has 0 aromatic carbocycles. The normalized spacial score (nSPS) is 22.1. The minimum Gasteiger partial charge on any atom is -0.359 e. The van der Waals surface area contributed by atoms with Gasteiger partial charge in [-0.15, -0.1) is 0 Å². The Kier molecular flexibility index (Phi) is 5.46. The first kappa shape index (κ1) is 13.2. The molecule has 0 radical (unpaired) electrons. The van der Waals surface area contributed by atoms with Crippen molar-refractivity contribution < 1.29 is 9.59 Å². The summed E-state index contributed by atoms with van der Waals surface area (Å²) in [4.78, 5) is 24.9. The van der Waals surface area contributed by atoms with Crippen molar-refractivity contribution in [2.45, 2.75) is 32.6 Å². The molecule has 1 heterocycles. The highest BCUT2D eigenvalue weighted by molar-refractivity contribution is 5.82. The fourth-order valence-corrected chi connectivity index (χ4v) is 2.13. The first-order valence-electron chi connectivity index (χ1n) is 6.13. The van der Waals surface area contributed by atoms with Crippen molar-refractivity contribution >= 4 is 11.7 Å². The minimum absolute atomic E-state index is 0.0973. The molecule has 1 fully saturated rings. The first-order chi connectivity index (χ1) is 7.67. The summed E-state index contributed by atoms with van der Waals surface area (Å²) < 4.78 is 0. The van der Waals surface area contributed by atoms with Crippen LogP contribution in [0.15, 0.2) is 0 Å². The van der Waals surface area contributed by atoms with Crippen LogP contribution in [-0.2, 0) is 9.59 Å². The molecule has 1 aliphatic heterocycles. The van der Waals surface area contributed by atoms with Gasteiger partial charge in [0.1, 0.15) is 5.78 Å². The quantitative estimate of drug-likeness (QED) is 0.755. The van der Waals surface area contributed by atoms with Crippen molar-refractivity contribution in [2.24, 2.45) is 5.92 Å². The first-order valence-corrected chi connectivity index (χ1v) is 6.13. The van der Waals surface area contributed by atoms with E-state index in [4.69, 9.17) is 0 Å². The van der Waals surface area contributed by atoms with Crippen LogP contribution in [0.2, 0.25) is 0 Å². The van der Waals surface area contributed by atoms with Crippen LogP contribution < -0.4 is 5.32 Å². The molecule has 1 rings (SSSR count). The predicted octanol–water partition coefficient (Wildman–Crippen LogP) is 0.814. The average Bonchev–Trinajstić information content (AvgIpc) is 2.31. The summed E-state index contributed by atoms with van der Waals surface area (Å²) in [5.41, 5.74) is 0. The number of hydrogen-bond acceptors (Lipinski definition) is 3. The second-order valence-electron chi connectivity index (χ2n) is 4.40. The second-order valence-corrected chi connectivity index (χ2v) is 4.40. The molecule has 92 valence electrons. The number of nitrogens with zero attached hydrogens (tertiary/aromatic N) is 1. The topological polar surface area (TPSA) is 49.4 Å². The van der Waals surface area contributed by atoms with E-state index in [1.807, 2.05) is 0 Å². The zero-order valence-corrected chi connectivity index (χ0v) is 10.3. The van der Waals surface area contributed by atoms with Crippen molar-refractivity contribution in [1.29, 1.82) is 0 Å². The van der Waals surface area contributed by atoms with Gasteiger partial charge in [-0.05, 0) is 19.4 Å². The lowest BCUT2D eigenvalue weighted by molar-refractivity contribution is -0.126. The summed E-state index contributed by atoms with van der Waals surface area (Å²) in [6, 6.07) is 0. The van der Waals surface area contributed by atoms with E-state index in [1.54, 1.807) is 7.05 Å². The molecule has 4 nitrogen and oxygen atoms in total. The van der Waals surface area contributed by atoms with Crippen LogP contribution in [0.4, 0.5) is 0 Å². The number of carbonyl (C=O) groups excluding carboxylic acids is 2. The zero-order chi connectivity index (χ0) is 12.0. The second kappa shape index (κ2) is 6.63. The molecule has 1 amide bonds. The molecule has 1 saturated heterocycles. The predicted molar refractivity (Wildman–Crippen MR) is 63.1 cm³/mol. The van der Waals surface area contributed by atoms with Gasteiger partial charge in [0.25, 0.3) is 0 Å². The Labute approximate surface area is 97.4 Å². The van der Waals surface area contributed by atoms with Crippen LogP contribution >= 0.6 is 0 Å². The number of carbonyl (C=O) groups is 2. The van der Waals surface area contributed by atoms with E-state index in [2.05, 4.69) is 17.1 Å². The summed E-state index contributed by atoms with van der Waals surface area (Å²) in [6.07, 6.45) is 3.07. The summed E-state index contributed by atoms with van der Waals surface area (Å²) >= 11 is 0. The standard InChI is InChI=1S/C12H22N2O2/c1-3-10-9-14(8-6-11(10)15)7-4-5-12(16)13-2/h10H,3-9H2,1-2H3,(H,13,16). The van der Waals surface area contributed by atoms with Gasteiger partial charge in [-0.25, -0.2) is 0 Å². The Balaban J connectivity index is 2.23. The fraction of sp³-hybridized carbons (Fsp3) is 0.833. The van der Waals surface area contributed by atoms with E-state index >= 15 is 0 Å². The fourth-order valence-electron chi connectivity index (χ4n) is 2.13. The maximum Gasteiger partial charge on any atom is 0.219 e. The minimum atomic E-state index is 0.0973. The highest BCUT2D eigenvalue weighted by Crippen LogP contribution is 2.16. The van der Waals surface area contributed by atoms with Gasteiger partial charge >= 0.3 is 0 Å². The number of rotatable bonds is 5. The van der Waals surface area contributed by atoms with Gasteiger partial charge in [-0.3, -0.25) is 9.59 Å². The monoisotopic (exact) mass is 226 g/mol. The zero-order valence-electron chi connectivity index (χ0n) is 10.3. The highest BCUT2D eigenvalue weighted by Gasteiger charge is 2.25. The van der Waals surface area contributed by atoms with Gasteiger partial charge in [0.05, 0.1) is 0 Å². The lowest BCUT2D eigenvalue weighted by Gasteiger charge is -2.31. The van der Waals surface area contributed by atoms with Crippen molar-refractivity contribution in [3.63, 3.8) is 0 Å². The molecule has 0 aromatic heterocycles. The summed E-state index contributed by atoms with van der Waals surface area (Å²) in [7, 11) is 1.66. The van der Waals surface area contributed by atoms with Crippen molar-refractivity contribution in [1.82, 2.24) is 10.2 Å². The lowest BCUT2D eigenvalue weighted by Crippen LogP contribution is -2.41. The summed E-state index contributed by atoms with van der Waals surface area (Å²) in [5.74, 6) is 0.721. The van der Waals surface area contributed by atoms with Gasteiger partial charge in [-0.2, -0.15) is 0 Å².